The zero-order valence-corrected chi connectivity index (χ0v) is 13.3. The monoisotopic (exact) mass is 296 g/mol. The van der Waals surface area contributed by atoms with Gasteiger partial charge in [0.25, 0.3) is 0 Å². The van der Waals surface area contributed by atoms with Gasteiger partial charge in [0.05, 0.1) is 4.90 Å². The minimum Gasteiger partial charge on any atom is -0.313 e. The Morgan fingerprint density at radius 1 is 1.25 bits per heavy atom. The number of hydrogen-bond donors (Lipinski definition) is 2. The number of benzene rings is 1. The van der Waals surface area contributed by atoms with Crippen LogP contribution in [0.5, 0.6) is 0 Å². The van der Waals surface area contributed by atoms with E-state index in [0.717, 1.165) is 24.9 Å². The van der Waals surface area contributed by atoms with Crippen molar-refractivity contribution in [1.82, 2.24) is 10.0 Å². The molecule has 0 bridgehead atoms. The Balaban J connectivity index is 2.22. The van der Waals surface area contributed by atoms with Crippen molar-refractivity contribution < 1.29 is 8.42 Å². The standard InChI is InChI=1S/C15H24N2O2S/c1-4-12-6-7-14(9-13(12)10-16-5-2)20(18,19)17-15-8-11(15)3/h6-7,9,11,15-17H,4-5,8,10H2,1-3H3. The van der Waals surface area contributed by atoms with E-state index in [1.165, 1.54) is 5.56 Å². The van der Waals surface area contributed by atoms with Gasteiger partial charge in [-0.1, -0.05) is 26.8 Å². The van der Waals surface area contributed by atoms with Crippen molar-refractivity contribution in [3.63, 3.8) is 0 Å². The highest BCUT2D eigenvalue weighted by molar-refractivity contribution is 7.89. The lowest BCUT2D eigenvalue weighted by Gasteiger charge is -2.12. The van der Waals surface area contributed by atoms with Gasteiger partial charge in [0, 0.05) is 12.6 Å². The predicted molar refractivity (Wildman–Crippen MR) is 81.1 cm³/mol. The number of aryl methyl sites for hydroxylation is 1. The van der Waals surface area contributed by atoms with Crippen LogP contribution in [0.1, 0.15) is 38.3 Å². The Kier molecular flexibility index (Phi) is 4.83. The average molecular weight is 296 g/mol. The maximum absolute atomic E-state index is 12.3. The Bertz CT molecular complexity index is 569. The summed E-state index contributed by atoms with van der Waals surface area (Å²) in [6, 6.07) is 5.56. The summed E-state index contributed by atoms with van der Waals surface area (Å²) in [5.74, 6) is 0.459. The van der Waals surface area contributed by atoms with Crippen molar-refractivity contribution >= 4 is 10.0 Å². The molecule has 2 N–H and O–H groups in total. The zero-order chi connectivity index (χ0) is 14.8. The number of nitrogens with one attached hydrogen (secondary N) is 2. The fourth-order valence-electron chi connectivity index (χ4n) is 2.29. The molecule has 1 aliphatic carbocycles. The third-order valence-corrected chi connectivity index (χ3v) is 5.34. The molecule has 5 heteroatoms. The van der Waals surface area contributed by atoms with E-state index in [2.05, 4.69) is 23.9 Å². The summed E-state index contributed by atoms with van der Waals surface area (Å²) in [5, 5.41) is 3.26. The van der Waals surface area contributed by atoms with Gasteiger partial charge < -0.3 is 5.32 Å². The molecule has 0 aromatic heterocycles. The van der Waals surface area contributed by atoms with Gasteiger partial charge in [-0.25, -0.2) is 13.1 Å². The lowest BCUT2D eigenvalue weighted by molar-refractivity contribution is 0.578. The van der Waals surface area contributed by atoms with Crippen molar-refractivity contribution in [2.24, 2.45) is 5.92 Å². The van der Waals surface area contributed by atoms with E-state index in [9.17, 15) is 8.42 Å². The van der Waals surface area contributed by atoms with Crippen LogP contribution in [0, 0.1) is 5.92 Å². The fraction of sp³-hybridized carbons (Fsp3) is 0.600. The molecule has 2 unspecified atom stereocenters. The summed E-state index contributed by atoms with van der Waals surface area (Å²) in [7, 11) is -3.38. The lowest BCUT2D eigenvalue weighted by Crippen LogP contribution is -2.27. The van der Waals surface area contributed by atoms with Crippen LogP contribution in [-0.4, -0.2) is 21.0 Å². The third kappa shape index (κ3) is 3.59. The first-order valence-electron chi connectivity index (χ1n) is 7.32. The van der Waals surface area contributed by atoms with Crippen LogP contribution in [0.15, 0.2) is 23.1 Å². The van der Waals surface area contributed by atoms with Crippen molar-refractivity contribution in [1.29, 1.82) is 0 Å². The molecule has 0 heterocycles. The Morgan fingerprint density at radius 2 is 1.95 bits per heavy atom. The molecule has 112 valence electrons. The van der Waals surface area contributed by atoms with Crippen LogP contribution in [0.25, 0.3) is 0 Å². The average Bonchev–Trinajstić information content (AvgIpc) is 3.10. The molecule has 2 rings (SSSR count). The third-order valence-electron chi connectivity index (χ3n) is 3.85. The molecular weight excluding hydrogens is 272 g/mol. The zero-order valence-electron chi connectivity index (χ0n) is 12.4. The molecule has 0 amide bonds. The van der Waals surface area contributed by atoms with Crippen molar-refractivity contribution in [3.8, 4) is 0 Å². The molecule has 4 nitrogen and oxygen atoms in total. The van der Waals surface area contributed by atoms with Crippen LogP contribution in [-0.2, 0) is 23.0 Å². The highest BCUT2D eigenvalue weighted by Gasteiger charge is 2.36. The summed E-state index contributed by atoms with van der Waals surface area (Å²) in [6.45, 7) is 7.77. The van der Waals surface area contributed by atoms with Gasteiger partial charge >= 0.3 is 0 Å². The van der Waals surface area contributed by atoms with Crippen LogP contribution in [0.3, 0.4) is 0 Å². The summed E-state index contributed by atoms with van der Waals surface area (Å²) in [6.07, 6.45) is 1.85. The summed E-state index contributed by atoms with van der Waals surface area (Å²) >= 11 is 0. The van der Waals surface area contributed by atoms with Gasteiger partial charge in [-0.3, -0.25) is 0 Å². The van der Waals surface area contributed by atoms with Crippen LogP contribution < -0.4 is 10.0 Å². The van der Waals surface area contributed by atoms with E-state index in [-0.39, 0.29) is 6.04 Å². The second-order valence-electron chi connectivity index (χ2n) is 5.51. The maximum Gasteiger partial charge on any atom is 0.240 e. The SMILES string of the molecule is CCNCc1cc(S(=O)(=O)NC2CC2C)ccc1CC. The van der Waals surface area contributed by atoms with E-state index in [1.54, 1.807) is 12.1 Å². The van der Waals surface area contributed by atoms with E-state index in [1.807, 2.05) is 13.0 Å². The van der Waals surface area contributed by atoms with Crippen LogP contribution in [0.4, 0.5) is 0 Å². The first kappa shape index (κ1) is 15.5. The molecule has 1 aromatic rings. The summed E-state index contributed by atoms with van der Waals surface area (Å²) in [5.41, 5.74) is 2.27. The second-order valence-corrected chi connectivity index (χ2v) is 7.22. The van der Waals surface area contributed by atoms with Crippen molar-refractivity contribution in [2.75, 3.05) is 6.54 Å². The molecule has 20 heavy (non-hydrogen) atoms. The van der Waals surface area contributed by atoms with E-state index in [0.29, 0.717) is 17.4 Å². The van der Waals surface area contributed by atoms with Gasteiger partial charge in [0.2, 0.25) is 10.0 Å². The van der Waals surface area contributed by atoms with E-state index in [4.69, 9.17) is 0 Å². The quantitative estimate of drug-likeness (QED) is 0.809. The second kappa shape index (κ2) is 6.24. The van der Waals surface area contributed by atoms with Gasteiger partial charge in [0.1, 0.15) is 0 Å². The Hall–Kier alpha value is -0.910. The number of hydrogen-bond acceptors (Lipinski definition) is 3. The first-order chi connectivity index (χ1) is 9.47. The normalized spacial score (nSPS) is 21.9. The molecule has 1 fully saturated rings. The molecular formula is C15H24N2O2S. The van der Waals surface area contributed by atoms with Gasteiger partial charge in [0.15, 0.2) is 0 Å². The summed E-state index contributed by atoms with van der Waals surface area (Å²) < 4.78 is 27.4. The number of rotatable bonds is 7. The van der Waals surface area contributed by atoms with E-state index >= 15 is 0 Å². The number of sulfonamides is 1. The Labute approximate surface area is 122 Å². The molecule has 0 radical (unpaired) electrons. The highest BCUT2D eigenvalue weighted by atomic mass is 32.2. The summed E-state index contributed by atoms with van der Waals surface area (Å²) in [4.78, 5) is 0.377. The van der Waals surface area contributed by atoms with Gasteiger partial charge in [-0.05, 0) is 48.6 Å². The van der Waals surface area contributed by atoms with E-state index < -0.39 is 10.0 Å². The first-order valence-corrected chi connectivity index (χ1v) is 8.81. The highest BCUT2D eigenvalue weighted by Crippen LogP contribution is 2.31. The van der Waals surface area contributed by atoms with Gasteiger partial charge in [-0.15, -0.1) is 0 Å². The largest absolute Gasteiger partial charge is 0.313 e. The molecule has 1 aromatic carbocycles. The molecule has 1 aliphatic rings. The maximum atomic E-state index is 12.3. The lowest BCUT2D eigenvalue weighted by atomic mass is 10.1. The predicted octanol–water partition coefficient (Wildman–Crippen LogP) is 2.05. The van der Waals surface area contributed by atoms with Crippen molar-refractivity contribution in [3.05, 3.63) is 29.3 Å². The van der Waals surface area contributed by atoms with Crippen molar-refractivity contribution in [2.45, 2.75) is 51.1 Å². The molecule has 0 saturated heterocycles. The minimum absolute atomic E-state index is 0.114. The smallest absolute Gasteiger partial charge is 0.240 e. The topological polar surface area (TPSA) is 58.2 Å². The molecule has 0 spiro atoms. The fourth-order valence-corrected chi connectivity index (χ4v) is 3.70. The molecule has 2 atom stereocenters. The van der Waals surface area contributed by atoms with Crippen LogP contribution >= 0.6 is 0 Å². The Morgan fingerprint density at radius 3 is 2.50 bits per heavy atom. The van der Waals surface area contributed by atoms with Gasteiger partial charge in [-0.2, -0.15) is 0 Å². The van der Waals surface area contributed by atoms with Crippen LogP contribution in [0.2, 0.25) is 0 Å². The minimum atomic E-state index is -3.38. The molecule has 0 aliphatic heterocycles. The molecule has 1 saturated carbocycles.